The van der Waals surface area contributed by atoms with Crippen LogP contribution in [0.15, 0.2) is 87.4 Å². The van der Waals surface area contributed by atoms with Crippen LogP contribution in [-0.2, 0) is 6.42 Å². The predicted molar refractivity (Wildman–Crippen MR) is 161 cm³/mol. The molecule has 0 aliphatic heterocycles. The Morgan fingerprint density at radius 1 is 0.949 bits per heavy atom. The Kier molecular flexibility index (Phi) is 8.82. The number of aromatic amines is 1. The van der Waals surface area contributed by atoms with Gasteiger partial charge in [0.2, 0.25) is 0 Å². The molecule has 3 aromatic carbocycles. The van der Waals surface area contributed by atoms with Crippen LogP contribution in [0.2, 0.25) is 0 Å². The SMILES string of the molecule is CCCCc1[nH]c(=O)c(Sc2ccc(-c3ccccc3C(=O)N(C)C)cc2)c(O)c1N(C)c1ccccc1C. The van der Waals surface area contributed by atoms with Crippen LogP contribution in [0.1, 0.15) is 41.4 Å². The summed E-state index contributed by atoms with van der Waals surface area (Å²) in [5, 5.41) is 11.5. The zero-order chi connectivity index (χ0) is 28.1. The van der Waals surface area contributed by atoms with E-state index in [0.29, 0.717) is 17.7 Å². The molecule has 1 aromatic heterocycles. The lowest BCUT2D eigenvalue weighted by atomic mass is 9.99. The van der Waals surface area contributed by atoms with Crippen LogP contribution in [0.5, 0.6) is 5.75 Å². The molecule has 6 nitrogen and oxygen atoms in total. The van der Waals surface area contributed by atoms with Crippen molar-refractivity contribution in [3.8, 4) is 16.9 Å². The number of unbranched alkanes of at least 4 members (excludes halogenated alkanes) is 1. The van der Waals surface area contributed by atoms with Gasteiger partial charge in [-0.25, -0.2) is 0 Å². The molecule has 7 heteroatoms. The number of pyridine rings is 1. The van der Waals surface area contributed by atoms with Crippen molar-refractivity contribution in [2.75, 3.05) is 26.0 Å². The van der Waals surface area contributed by atoms with Gasteiger partial charge in [-0.15, -0.1) is 0 Å². The van der Waals surface area contributed by atoms with E-state index in [9.17, 15) is 14.7 Å². The molecule has 1 amide bonds. The Hall–Kier alpha value is -3.97. The number of hydrogen-bond donors (Lipinski definition) is 2. The Labute approximate surface area is 234 Å². The normalized spacial score (nSPS) is 10.9. The van der Waals surface area contributed by atoms with Gasteiger partial charge in [0, 0.05) is 43.0 Å². The first kappa shape index (κ1) is 28.0. The molecule has 0 spiro atoms. The number of para-hydroxylation sites is 1. The maximum atomic E-state index is 13.2. The van der Waals surface area contributed by atoms with Crippen molar-refractivity contribution in [2.24, 2.45) is 0 Å². The molecular formula is C32H35N3O3S. The molecule has 0 aliphatic carbocycles. The molecule has 0 atom stereocenters. The largest absolute Gasteiger partial charge is 0.504 e. The first-order chi connectivity index (χ1) is 18.7. The fraction of sp³-hybridized carbons (Fsp3) is 0.250. The summed E-state index contributed by atoms with van der Waals surface area (Å²) >= 11 is 1.23. The van der Waals surface area contributed by atoms with Crippen LogP contribution < -0.4 is 10.5 Å². The molecule has 39 heavy (non-hydrogen) atoms. The molecule has 0 radical (unpaired) electrons. The van der Waals surface area contributed by atoms with Crippen molar-refractivity contribution >= 4 is 29.0 Å². The number of aromatic hydroxyl groups is 1. The molecular weight excluding hydrogens is 506 g/mol. The number of carbonyl (C=O) groups is 1. The van der Waals surface area contributed by atoms with E-state index in [4.69, 9.17) is 0 Å². The van der Waals surface area contributed by atoms with Crippen LogP contribution in [-0.4, -0.2) is 42.0 Å². The molecule has 2 N–H and O–H groups in total. The Morgan fingerprint density at radius 2 is 1.62 bits per heavy atom. The van der Waals surface area contributed by atoms with Crippen molar-refractivity contribution in [3.05, 3.63) is 100.0 Å². The maximum Gasteiger partial charge on any atom is 0.266 e. The number of H-pyrrole nitrogens is 1. The molecule has 0 saturated heterocycles. The van der Waals surface area contributed by atoms with Gasteiger partial charge in [0.05, 0.1) is 0 Å². The lowest BCUT2D eigenvalue weighted by molar-refractivity contribution is 0.0828. The molecule has 0 unspecified atom stereocenters. The third-order valence-corrected chi connectivity index (χ3v) is 7.83. The van der Waals surface area contributed by atoms with E-state index in [1.54, 1.807) is 19.0 Å². The first-order valence-electron chi connectivity index (χ1n) is 13.1. The Balaban J connectivity index is 1.71. The van der Waals surface area contributed by atoms with Crippen LogP contribution in [0, 0.1) is 6.92 Å². The number of carbonyl (C=O) groups excluding carboxylic acids is 1. The lowest BCUT2D eigenvalue weighted by Gasteiger charge is -2.26. The number of aromatic nitrogens is 1. The molecule has 0 bridgehead atoms. The molecule has 0 saturated carbocycles. The highest BCUT2D eigenvalue weighted by Crippen LogP contribution is 2.42. The average Bonchev–Trinajstić information content (AvgIpc) is 2.94. The van der Waals surface area contributed by atoms with E-state index in [1.165, 1.54) is 11.8 Å². The highest BCUT2D eigenvalue weighted by atomic mass is 32.2. The lowest BCUT2D eigenvalue weighted by Crippen LogP contribution is -2.22. The summed E-state index contributed by atoms with van der Waals surface area (Å²) in [7, 11) is 5.39. The summed E-state index contributed by atoms with van der Waals surface area (Å²) in [5.41, 5.74) is 5.45. The van der Waals surface area contributed by atoms with E-state index in [2.05, 4.69) is 11.9 Å². The van der Waals surface area contributed by atoms with Crippen molar-refractivity contribution < 1.29 is 9.90 Å². The number of aryl methyl sites for hydroxylation is 2. The topological polar surface area (TPSA) is 76.6 Å². The zero-order valence-electron chi connectivity index (χ0n) is 23.1. The quantitative estimate of drug-likeness (QED) is 0.238. The second-order valence-electron chi connectivity index (χ2n) is 9.78. The maximum absolute atomic E-state index is 13.2. The van der Waals surface area contributed by atoms with Crippen LogP contribution in [0.3, 0.4) is 0 Å². The monoisotopic (exact) mass is 541 g/mol. The van der Waals surface area contributed by atoms with Gasteiger partial charge in [-0.3, -0.25) is 9.59 Å². The van der Waals surface area contributed by atoms with Crippen molar-refractivity contribution in [1.29, 1.82) is 0 Å². The van der Waals surface area contributed by atoms with Gasteiger partial charge in [-0.05, 0) is 60.7 Å². The fourth-order valence-electron chi connectivity index (χ4n) is 4.64. The van der Waals surface area contributed by atoms with Gasteiger partial charge < -0.3 is 19.9 Å². The molecule has 202 valence electrons. The minimum atomic E-state index is -0.309. The minimum Gasteiger partial charge on any atom is -0.504 e. The first-order valence-corrected chi connectivity index (χ1v) is 13.9. The number of nitrogens with zero attached hydrogens (tertiary/aromatic N) is 2. The number of nitrogens with one attached hydrogen (secondary N) is 1. The predicted octanol–water partition coefficient (Wildman–Crippen LogP) is 7.02. The standard InChI is InChI=1S/C32H35N3O3S/c1-6-7-15-26-28(35(5)27-16-11-8-12-21(27)2)29(36)30(31(37)33-26)39-23-19-17-22(18-20-23)24-13-9-10-14-25(24)32(38)34(3)4/h8-14,16-20H,6-7,15H2,1-5H3,(H2,33,36,37). The third kappa shape index (κ3) is 6.04. The fourth-order valence-corrected chi connectivity index (χ4v) is 5.49. The van der Waals surface area contributed by atoms with Crippen LogP contribution in [0.4, 0.5) is 11.4 Å². The van der Waals surface area contributed by atoms with Gasteiger partial charge in [-0.2, -0.15) is 0 Å². The second kappa shape index (κ2) is 12.3. The van der Waals surface area contributed by atoms with Gasteiger partial charge in [0.1, 0.15) is 10.6 Å². The smallest absolute Gasteiger partial charge is 0.266 e. The van der Waals surface area contributed by atoms with Crippen molar-refractivity contribution in [1.82, 2.24) is 9.88 Å². The number of anilines is 2. The van der Waals surface area contributed by atoms with Gasteiger partial charge >= 0.3 is 0 Å². The molecule has 4 rings (SSSR count). The summed E-state index contributed by atoms with van der Waals surface area (Å²) in [6.07, 6.45) is 2.54. The van der Waals surface area contributed by atoms with Crippen molar-refractivity contribution in [3.63, 3.8) is 0 Å². The van der Waals surface area contributed by atoms with Gasteiger partial charge in [0.25, 0.3) is 11.5 Å². The summed E-state index contributed by atoms with van der Waals surface area (Å²) in [4.78, 5) is 33.5. The van der Waals surface area contributed by atoms with E-state index in [1.807, 2.05) is 91.7 Å². The third-order valence-electron chi connectivity index (χ3n) is 6.74. The van der Waals surface area contributed by atoms with E-state index in [0.717, 1.165) is 45.8 Å². The zero-order valence-corrected chi connectivity index (χ0v) is 23.9. The number of hydrogen-bond acceptors (Lipinski definition) is 5. The summed E-state index contributed by atoms with van der Waals surface area (Å²) in [5.74, 6) is -0.0828. The Bertz CT molecular complexity index is 1530. The molecule has 4 aromatic rings. The van der Waals surface area contributed by atoms with Crippen molar-refractivity contribution in [2.45, 2.75) is 42.9 Å². The van der Waals surface area contributed by atoms with E-state index < -0.39 is 0 Å². The second-order valence-corrected chi connectivity index (χ2v) is 10.9. The molecule has 1 heterocycles. The summed E-state index contributed by atoms with van der Waals surface area (Å²) in [6, 6.07) is 23.2. The highest BCUT2D eigenvalue weighted by Gasteiger charge is 2.23. The van der Waals surface area contributed by atoms with Crippen LogP contribution in [0.25, 0.3) is 11.1 Å². The highest BCUT2D eigenvalue weighted by molar-refractivity contribution is 7.99. The van der Waals surface area contributed by atoms with Crippen LogP contribution >= 0.6 is 11.8 Å². The number of benzene rings is 3. The van der Waals surface area contributed by atoms with E-state index in [-0.39, 0.29) is 22.1 Å². The number of rotatable bonds is 9. The molecule has 0 fully saturated rings. The minimum absolute atomic E-state index is 0.0217. The Morgan fingerprint density at radius 3 is 2.28 bits per heavy atom. The van der Waals surface area contributed by atoms with E-state index >= 15 is 0 Å². The van der Waals surface area contributed by atoms with Gasteiger partial charge in [-0.1, -0.05) is 73.6 Å². The molecule has 0 aliphatic rings. The summed E-state index contributed by atoms with van der Waals surface area (Å²) in [6.45, 7) is 4.13. The number of amides is 1. The average molecular weight is 542 g/mol. The van der Waals surface area contributed by atoms with Gasteiger partial charge in [0.15, 0.2) is 5.75 Å². The summed E-state index contributed by atoms with van der Waals surface area (Å²) < 4.78 is 0.